The Morgan fingerprint density at radius 3 is 2.32 bits per heavy atom. The van der Waals surface area contributed by atoms with E-state index >= 15 is 0 Å². The number of rotatable bonds is 8. The van der Waals surface area contributed by atoms with Crippen molar-refractivity contribution < 1.29 is 23.1 Å². The smallest absolute Gasteiger partial charge is 0.326 e. The number of nitrogens with one attached hydrogen (secondary N) is 1. The lowest BCUT2D eigenvalue weighted by Gasteiger charge is -2.32. The van der Waals surface area contributed by atoms with Crippen LogP contribution in [0.5, 0.6) is 0 Å². The van der Waals surface area contributed by atoms with Crippen LogP contribution in [0.3, 0.4) is 0 Å². The summed E-state index contributed by atoms with van der Waals surface area (Å²) in [7, 11) is -4.04. The number of carbonyl (C=O) groups is 2. The quantitative estimate of drug-likeness (QED) is 0.385. The van der Waals surface area contributed by atoms with E-state index in [0.29, 0.717) is 12.8 Å². The molecular formula is C28H28Cl2N2O5S. The maximum Gasteiger partial charge on any atom is 0.326 e. The number of aliphatic carboxylic acids is 1. The summed E-state index contributed by atoms with van der Waals surface area (Å²) in [4.78, 5) is 24.9. The van der Waals surface area contributed by atoms with Gasteiger partial charge in [-0.25, -0.2) is 13.2 Å². The molecule has 10 heteroatoms. The van der Waals surface area contributed by atoms with E-state index in [0.717, 1.165) is 22.3 Å². The minimum atomic E-state index is -4.04. The predicted octanol–water partition coefficient (Wildman–Crippen LogP) is 5.18. The van der Waals surface area contributed by atoms with Gasteiger partial charge in [0.1, 0.15) is 10.9 Å². The number of hydrogen-bond acceptors (Lipinski definition) is 4. The first-order chi connectivity index (χ1) is 18.1. The second-order valence-corrected chi connectivity index (χ2v) is 12.1. The summed E-state index contributed by atoms with van der Waals surface area (Å²) < 4.78 is 27.7. The van der Waals surface area contributed by atoms with Gasteiger partial charge in [-0.2, -0.15) is 4.31 Å². The van der Waals surface area contributed by atoms with Crippen molar-refractivity contribution in [3.8, 4) is 11.1 Å². The first kappa shape index (κ1) is 28.1. The molecule has 4 rings (SSSR count). The van der Waals surface area contributed by atoms with Gasteiger partial charge >= 0.3 is 5.97 Å². The van der Waals surface area contributed by atoms with E-state index < -0.39 is 33.9 Å². The first-order valence-electron chi connectivity index (χ1n) is 12.2. The van der Waals surface area contributed by atoms with Crippen molar-refractivity contribution in [1.29, 1.82) is 0 Å². The summed E-state index contributed by atoms with van der Waals surface area (Å²) in [6.07, 6.45) is 0.974. The van der Waals surface area contributed by atoms with Crippen molar-refractivity contribution in [3.63, 3.8) is 0 Å². The fraction of sp³-hybridized carbons (Fsp3) is 0.286. The van der Waals surface area contributed by atoms with Gasteiger partial charge in [0.15, 0.2) is 0 Å². The zero-order valence-corrected chi connectivity index (χ0v) is 23.1. The molecule has 3 aromatic rings. The van der Waals surface area contributed by atoms with Gasteiger partial charge in [0.2, 0.25) is 15.9 Å². The van der Waals surface area contributed by atoms with Crippen LogP contribution in [0.2, 0.25) is 10.0 Å². The average Bonchev–Trinajstić information content (AvgIpc) is 2.89. The number of piperidine rings is 1. The molecule has 0 spiro atoms. The molecular weight excluding hydrogens is 547 g/mol. The van der Waals surface area contributed by atoms with E-state index in [1.165, 1.54) is 16.4 Å². The van der Waals surface area contributed by atoms with Gasteiger partial charge < -0.3 is 10.4 Å². The highest BCUT2D eigenvalue weighted by atomic mass is 35.5. The Kier molecular flexibility index (Phi) is 8.78. The fourth-order valence-electron chi connectivity index (χ4n) is 4.68. The Bertz CT molecular complexity index is 1420. The largest absolute Gasteiger partial charge is 0.480 e. The van der Waals surface area contributed by atoms with E-state index in [9.17, 15) is 23.1 Å². The number of carboxylic acids is 1. The summed E-state index contributed by atoms with van der Waals surface area (Å²) >= 11 is 12.3. The van der Waals surface area contributed by atoms with Crippen LogP contribution in [-0.2, 0) is 26.0 Å². The van der Waals surface area contributed by atoms with Gasteiger partial charge in [-0.3, -0.25) is 4.79 Å². The van der Waals surface area contributed by atoms with Crippen LogP contribution in [0, 0.1) is 12.8 Å². The van der Waals surface area contributed by atoms with E-state index in [1.54, 1.807) is 6.07 Å². The monoisotopic (exact) mass is 574 g/mol. The van der Waals surface area contributed by atoms with Crippen LogP contribution in [-0.4, -0.2) is 48.8 Å². The van der Waals surface area contributed by atoms with Crippen molar-refractivity contribution in [2.75, 3.05) is 13.1 Å². The summed E-state index contributed by atoms with van der Waals surface area (Å²) in [6, 6.07) is 18.8. The highest BCUT2D eigenvalue weighted by molar-refractivity contribution is 7.89. The molecule has 1 fully saturated rings. The lowest BCUT2D eigenvalue weighted by atomic mass is 9.96. The van der Waals surface area contributed by atoms with Crippen LogP contribution < -0.4 is 5.32 Å². The second-order valence-electron chi connectivity index (χ2n) is 9.37. The normalized spacial score (nSPS) is 17.1. The van der Waals surface area contributed by atoms with Crippen LogP contribution in [0.1, 0.15) is 24.0 Å². The Hall–Kier alpha value is -2.91. The molecule has 0 aromatic heterocycles. The molecule has 1 heterocycles. The van der Waals surface area contributed by atoms with Crippen LogP contribution in [0.4, 0.5) is 0 Å². The Labute approximate surface area is 232 Å². The third-order valence-electron chi connectivity index (χ3n) is 6.74. The Balaban J connectivity index is 1.44. The van der Waals surface area contributed by atoms with Crippen LogP contribution in [0.25, 0.3) is 11.1 Å². The van der Waals surface area contributed by atoms with Crippen molar-refractivity contribution in [3.05, 3.63) is 87.9 Å². The molecule has 1 aliphatic heterocycles. The van der Waals surface area contributed by atoms with E-state index in [2.05, 4.69) is 5.32 Å². The molecule has 2 N–H and O–H groups in total. The SMILES string of the molecule is Cc1ccccc1-c1ccc(C[C@H](NC(=O)C2CCCN(S(=O)(=O)c3c(Cl)cccc3Cl)C2)C(=O)O)cc1. The van der Waals surface area contributed by atoms with Gasteiger partial charge in [-0.15, -0.1) is 0 Å². The number of carboxylic acid groups (broad SMARTS) is 1. The number of amides is 1. The number of halogens is 2. The summed E-state index contributed by atoms with van der Waals surface area (Å²) in [5.74, 6) is -2.37. The Morgan fingerprint density at radius 1 is 1.03 bits per heavy atom. The number of sulfonamides is 1. The zero-order valence-electron chi connectivity index (χ0n) is 20.7. The maximum absolute atomic E-state index is 13.3. The van der Waals surface area contributed by atoms with Gasteiger partial charge in [0, 0.05) is 19.5 Å². The summed E-state index contributed by atoms with van der Waals surface area (Å²) in [5.41, 5.74) is 4.01. The second kappa shape index (κ2) is 11.9. The average molecular weight is 576 g/mol. The highest BCUT2D eigenvalue weighted by Crippen LogP contribution is 2.33. The van der Waals surface area contributed by atoms with Crippen LogP contribution >= 0.6 is 23.2 Å². The topological polar surface area (TPSA) is 104 Å². The number of carbonyl (C=O) groups excluding carboxylic acids is 1. The zero-order chi connectivity index (χ0) is 27.4. The molecule has 1 unspecified atom stereocenters. The van der Waals surface area contributed by atoms with Crippen molar-refractivity contribution in [1.82, 2.24) is 9.62 Å². The molecule has 0 saturated carbocycles. The standard InChI is InChI=1S/C28H28Cl2N2O5S/c1-18-6-2-3-8-22(18)20-13-11-19(12-14-20)16-25(28(34)35)31-27(33)21-7-5-15-32(17-21)38(36,37)26-23(29)9-4-10-24(26)30/h2-4,6,8-14,21,25H,5,7,15-17H2,1H3,(H,31,33)(H,34,35)/t21?,25-/m0/s1. The van der Waals surface area contributed by atoms with Gasteiger partial charge in [0.25, 0.3) is 0 Å². The number of nitrogens with zero attached hydrogens (tertiary/aromatic N) is 1. The minimum absolute atomic E-state index is 0.00320. The van der Waals surface area contributed by atoms with Gasteiger partial charge in [-0.05, 0) is 54.2 Å². The van der Waals surface area contributed by atoms with Gasteiger partial charge in [-0.1, -0.05) is 77.8 Å². The van der Waals surface area contributed by atoms with Crippen LogP contribution in [0.15, 0.2) is 71.6 Å². The molecule has 1 saturated heterocycles. The lowest BCUT2D eigenvalue weighted by molar-refractivity contribution is -0.142. The number of hydrogen-bond donors (Lipinski definition) is 2. The molecule has 0 bridgehead atoms. The molecule has 0 aliphatic carbocycles. The molecule has 7 nitrogen and oxygen atoms in total. The molecule has 200 valence electrons. The van der Waals surface area contributed by atoms with Crippen molar-refractivity contribution in [2.24, 2.45) is 5.92 Å². The highest BCUT2D eigenvalue weighted by Gasteiger charge is 2.36. The molecule has 1 amide bonds. The Morgan fingerprint density at radius 2 is 1.68 bits per heavy atom. The minimum Gasteiger partial charge on any atom is -0.480 e. The van der Waals surface area contributed by atoms with E-state index in [1.807, 2.05) is 55.5 Å². The molecule has 2 atom stereocenters. The molecule has 38 heavy (non-hydrogen) atoms. The third-order valence-corrected chi connectivity index (χ3v) is 9.56. The van der Waals surface area contributed by atoms with Crippen molar-refractivity contribution in [2.45, 2.75) is 37.1 Å². The summed E-state index contributed by atoms with van der Waals surface area (Å²) in [6.45, 7) is 2.15. The third kappa shape index (κ3) is 6.21. The fourth-order valence-corrected chi connectivity index (χ4v) is 7.29. The molecule has 1 aliphatic rings. The number of benzene rings is 3. The predicted molar refractivity (Wildman–Crippen MR) is 148 cm³/mol. The lowest BCUT2D eigenvalue weighted by Crippen LogP contribution is -2.50. The molecule has 0 radical (unpaired) electrons. The van der Waals surface area contributed by atoms with E-state index in [4.69, 9.17) is 23.2 Å². The van der Waals surface area contributed by atoms with E-state index in [-0.39, 0.29) is 34.5 Å². The maximum atomic E-state index is 13.3. The first-order valence-corrected chi connectivity index (χ1v) is 14.4. The number of aryl methyl sites for hydroxylation is 1. The summed E-state index contributed by atoms with van der Waals surface area (Å²) in [5, 5.41) is 12.4. The van der Waals surface area contributed by atoms with Gasteiger partial charge in [0.05, 0.1) is 16.0 Å². The molecule has 3 aromatic carbocycles. The van der Waals surface area contributed by atoms with Crippen molar-refractivity contribution >= 4 is 45.1 Å².